The van der Waals surface area contributed by atoms with Gasteiger partial charge in [-0.2, -0.15) is 8.78 Å². The van der Waals surface area contributed by atoms with Crippen molar-refractivity contribution in [1.82, 2.24) is 4.57 Å². The summed E-state index contributed by atoms with van der Waals surface area (Å²) in [5.41, 5.74) is 1.35. The lowest BCUT2D eigenvalue weighted by atomic mass is 9.90. The highest BCUT2D eigenvalue weighted by Gasteiger charge is 2.37. The normalized spacial score (nSPS) is 16.0. The smallest absolute Gasteiger partial charge is 0.387 e. The molecule has 6 nitrogen and oxygen atoms in total. The number of ether oxygens (including phenoxy) is 2. The summed E-state index contributed by atoms with van der Waals surface area (Å²) in [6, 6.07) is 13.7. The molecule has 0 saturated heterocycles. The van der Waals surface area contributed by atoms with Gasteiger partial charge in [0.1, 0.15) is 5.82 Å². The Morgan fingerprint density at radius 2 is 1.83 bits per heavy atom. The van der Waals surface area contributed by atoms with Crippen LogP contribution in [0.15, 0.2) is 53.3 Å². The van der Waals surface area contributed by atoms with E-state index in [1.54, 1.807) is 24.1 Å². The topological polar surface area (TPSA) is 60.8 Å². The molecule has 0 N–H and O–H groups in total. The van der Waals surface area contributed by atoms with Crippen LogP contribution in [0.4, 0.5) is 20.3 Å². The van der Waals surface area contributed by atoms with E-state index in [-0.39, 0.29) is 28.7 Å². The van der Waals surface area contributed by atoms with Gasteiger partial charge in [0, 0.05) is 19.4 Å². The first-order valence-electron chi connectivity index (χ1n) is 9.11. The Bertz CT molecular complexity index is 1140. The van der Waals surface area contributed by atoms with E-state index < -0.39 is 12.5 Å². The molecule has 1 atom stereocenters. The average Bonchev–Trinajstić information content (AvgIpc) is 3.02. The summed E-state index contributed by atoms with van der Waals surface area (Å²) in [5.74, 6) is -0.00880. The van der Waals surface area contributed by atoms with Gasteiger partial charge in [-0.3, -0.25) is 19.1 Å². The fourth-order valence-corrected chi connectivity index (χ4v) is 4.72. The lowest BCUT2D eigenvalue weighted by molar-refractivity contribution is -0.118. The molecular formula is C21H18F2N2O4S. The number of alkyl halides is 2. The van der Waals surface area contributed by atoms with E-state index in [4.69, 9.17) is 4.74 Å². The Hall–Kier alpha value is -3.20. The quantitative estimate of drug-likeness (QED) is 0.605. The predicted octanol–water partition coefficient (Wildman–Crippen LogP) is 4.26. The zero-order valence-corrected chi connectivity index (χ0v) is 17.0. The Morgan fingerprint density at radius 1 is 1.10 bits per heavy atom. The molecule has 0 saturated carbocycles. The van der Waals surface area contributed by atoms with E-state index in [9.17, 15) is 18.4 Å². The van der Waals surface area contributed by atoms with Gasteiger partial charge in [0.25, 0.3) is 0 Å². The first kappa shape index (κ1) is 20.1. The summed E-state index contributed by atoms with van der Waals surface area (Å²) in [7, 11) is 2.98. The molecular weight excluding hydrogens is 414 g/mol. The number of para-hydroxylation sites is 1. The minimum absolute atomic E-state index is 0.0919. The molecule has 156 valence electrons. The predicted molar refractivity (Wildman–Crippen MR) is 109 cm³/mol. The number of amides is 1. The standard InChI is InChI=1S/C21H18F2N2O4S/c1-24-19-18(30-21(24)27)14(11-17(26)25(19)13-6-4-3-5-7-13)12-8-9-15(29-20(22)23)16(10-12)28-2/h3-10,14,20H,11H2,1-2H3. The van der Waals surface area contributed by atoms with E-state index in [2.05, 4.69) is 4.74 Å². The van der Waals surface area contributed by atoms with Gasteiger partial charge < -0.3 is 9.47 Å². The monoisotopic (exact) mass is 432 g/mol. The molecule has 1 aliphatic heterocycles. The van der Waals surface area contributed by atoms with Crippen molar-refractivity contribution in [2.24, 2.45) is 7.05 Å². The Kier molecular flexibility index (Phi) is 5.29. The molecule has 4 rings (SSSR count). The fourth-order valence-electron chi connectivity index (χ4n) is 3.63. The molecule has 3 aromatic rings. The zero-order valence-electron chi connectivity index (χ0n) is 16.2. The lowest BCUT2D eigenvalue weighted by Gasteiger charge is -2.32. The van der Waals surface area contributed by atoms with Crippen molar-refractivity contribution in [3.8, 4) is 11.5 Å². The minimum atomic E-state index is -2.98. The van der Waals surface area contributed by atoms with Gasteiger partial charge in [0.05, 0.1) is 17.7 Å². The molecule has 2 aromatic carbocycles. The maximum atomic E-state index is 13.1. The number of hydrogen-bond acceptors (Lipinski definition) is 5. The number of nitrogens with zero attached hydrogens (tertiary/aromatic N) is 2. The van der Waals surface area contributed by atoms with Crippen LogP contribution in [0.25, 0.3) is 0 Å². The maximum Gasteiger partial charge on any atom is 0.387 e. The van der Waals surface area contributed by atoms with Gasteiger partial charge in [-0.15, -0.1) is 0 Å². The second-order valence-corrected chi connectivity index (χ2v) is 7.72. The van der Waals surface area contributed by atoms with E-state index in [0.29, 0.717) is 17.1 Å². The van der Waals surface area contributed by atoms with Crippen LogP contribution >= 0.6 is 11.3 Å². The summed E-state index contributed by atoms with van der Waals surface area (Å²) in [4.78, 5) is 27.7. The minimum Gasteiger partial charge on any atom is -0.493 e. The number of methoxy groups -OCH3 is 1. The van der Waals surface area contributed by atoms with Crippen molar-refractivity contribution in [3.05, 3.63) is 68.6 Å². The molecule has 0 bridgehead atoms. The van der Waals surface area contributed by atoms with Crippen LogP contribution in [-0.4, -0.2) is 24.2 Å². The van der Waals surface area contributed by atoms with Crippen molar-refractivity contribution in [2.75, 3.05) is 12.0 Å². The number of fused-ring (bicyclic) bond motifs is 1. The van der Waals surface area contributed by atoms with Crippen LogP contribution in [0, 0.1) is 0 Å². The number of thiazole rings is 1. The first-order valence-corrected chi connectivity index (χ1v) is 9.92. The molecule has 30 heavy (non-hydrogen) atoms. The van der Waals surface area contributed by atoms with Crippen LogP contribution in [0.2, 0.25) is 0 Å². The number of carbonyl (C=O) groups is 1. The van der Waals surface area contributed by atoms with Crippen molar-refractivity contribution in [2.45, 2.75) is 19.0 Å². The number of hydrogen-bond donors (Lipinski definition) is 0. The van der Waals surface area contributed by atoms with Gasteiger partial charge in [-0.25, -0.2) is 0 Å². The van der Waals surface area contributed by atoms with Crippen molar-refractivity contribution >= 4 is 28.7 Å². The summed E-state index contributed by atoms with van der Waals surface area (Å²) in [6.45, 7) is -2.98. The van der Waals surface area contributed by atoms with Gasteiger partial charge in [-0.1, -0.05) is 35.6 Å². The van der Waals surface area contributed by atoms with Crippen LogP contribution in [0.1, 0.15) is 22.8 Å². The highest BCUT2D eigenvalue weighted by molar-refractivity contribution is 7.10. The molecule has 2 heterocycles. The van der Waals surface area contributed by atoms with Crippen LogP contribution < -0.4 is 19.2 Å². The molecule has 1 aliphatic rings. The van der Waals surface area contributed by atoms with E-state index in [0.717, 1.165) is 16.2 Å². The molecule has 1 aromatic heterocycles. The Morgan fingerprint density at radius 3 is 2.50 bits per heavy atom. The van der Waals surface area contributed by atoms with E-state index in [1.807, 2.05) is 30.3 Å². The van der Waals surface area contributed by atoms with Crippen molar-refractivity contribution in [3.63, 3.8) is 0 Å². The summed E-state index contributed by atoms with van der Waals surface area (Å²) in [5, 5.41) is 0. The number of aromatic nitrogens is 1. The molecule has 0 fully saturated rings. The largest absolute Gasteiger partial charge is 0.493 e. The van der Waals surface area contributed by atoms with Crippen LogP contribution in [-0.2, 0) is 11.8 Å². The third kappa shape index (κ3) is 3.45. The van der Waals surface area contributed by atoms with Crippen LogP contribution in [0.3, 0.4) is 0 Å². The number of anilines is 2. The summed E-state index contributed by atoms with van der Waals surface area (Å²) >= 11 is 1.07. The molecule has 0 aliphatic carbocycles. The third-order valence-electron chi connectivity index (χ3n) is 4.99. The zero-order chi connectivity index (χ0) is 21.4. The Labute approximate surface area is 174 Å². The van der Waals surface area contributed by atoms with Crippen molar-refractivity contribution < 1.29 is 23.0 Å². The number of rotatable bonds is 5. The number of halogens is 2. The van der Waals surface area contributed by atoms with E-state index in [1.165, 1.54) is 17.7 Å². The molecule has 1 unspecified atom stereocenters. The molecule has 9 heteroatoms. The lowest BCUT2D eigenvalue weighted by Crippen LogP contribution is -2.34. The summed E-state index contributed by atoms with van der Waals surface area (Å²) < 4.78 is 36.4. The highest BCUT2D eigenvalue weighted by Crippen LogP contribution is 2.45. The maximum absolute atomic E-state index is 13.1. The average molecular weight is 432 g/mol. The number of carbonyl (C=O) groups excluding carboxylic acids is 1. The first-order chi connectivity index (χ1) is 14.4. The number of benzene rings is 2. The van der Waals surface area contributed by atoms with Gasteiger partial charge >= 0.3 is 11.5 Å². The van der Waals surface area contributed by atoms with Crippen LogP contribution in [0.5, 0.6) is 11.5 Å². The van der Waals surface area contributed by atoms with Gasteiger partial charge in [0.15, 0.2) is 11.5 Å². The molecule has 0 radical (unpaired) electrons. The van der Waals surface area contributed by atoms with Crippen molar-refractivity contribution in [1.29, 1.82) is 0 Å². The SMILES string of the molecule is COc1cc(C2CC(=O)N(c3ccccc3)c3c2sc(=O)n3C)ccc1OC(F)F. The van der Waals surface area contributed by atoms with Gasteiger partial charge in [-0.05, 0) is 29.8 Å². The Balaban J connectivity index is 1.82. The van der Waals surface area contributed by atoms with E-state index >= 15 is 0 Å². The van der Waals surface area contributed by atoms with Gasteiger partial charge in [0.2, 0.25) is 5.91 Å². The highest BCUT2D eigenvalue weighted by atomic mass is 32.1. The second-order valence-electron chi connectivity index (χ2n) is 6.73. The fraction of sp³-hybridized carbons (Fsp3) is 0.238. The third-order valence-corrected chi connectivity index (χ3v) is 6.12. The molecule has 1 amide bonds. The second kappa shape index (κ2) is 7.91. The summed E-state index contributed by atoms with van der Waals surface area (Å²) in [6.07, 6.45) is 0.125. The molecule has 0 spiro atoms.